The average Bonchev–Trinajstić information content (AvgIpc) is 2.84. The molecule has 4 rings (SSSR count). The van der Waals surface area contributed by atoms with Crippen LogP contribution in [0.4, 0.5) is 0 Å². The first-order chi connectivity index (χ1) is 10.7. The number of carbonyl (C=O) groups is 1. The molecule has 112 valence electrons. The van der Waals surface area contributed by atoms with Crippen LogP contribution in [0.5, 0.6) is 5.75 Å². The molecule has 0 saturated heterocycles. The SMILES string of the molecule is COc1ccc2oc3c(c2c1)C(C)=CCC1=C3CCCC1=O. The lowest BCUT2D eigenvalue weighted by molar-refractivity contribution is -0.115. The largest absolute Gasteiger partial charge is 0.497 e. The van der Waals surface area contributed by atoms with Crippen LogP contribution in [-0.2, 0) is 4.79 Å². The summed E-state index contributed by atoms with van der Waals surface area (Å²) in [6.07, 6.45) is 5.37. The minimum absolute atomic E-state index is 0.274. The van der Waals surface area contributed by atoms with Crippen LogP contribution < -0.4 is 4.74 Å². The second-order valence-electron chi connectivity index (χ2n) is 5.99. The molecule has 0 spiro atoms. The Balaban J connectivity index is 2.04. The maximum atomic E-state index is 12.3. The standard InChI is InChI=1S/C19H18O3/c1-11-6-8-13-14(4-3-5-16(13)20)19-18(11)15-10-12(21-2)7-9-17(15)22-19/h6-7,9-10H,3-5,8H2,1-2H3. The van der Waals surface area contributed by atoms with Crippen molar-refractivity contribution in [3.8, 4) is 5.75 Å². The summed E-state index contributed by atoms with van der Waals surface area (Å²) in [5.74, 6) is 1.98. The van der Waals surface area contributed by atoms with Crippen molar-refractivity contribution in [2.24, 2.45) is 0 Å². The summed E-state index contributed by atoms with van der Waals surface area (Å²) in [5, 5.41) is 1.06. The van der Waals surface area contributed by atoms with Crippen LogP contribution in [0.25, 0.3) is 22.1 Å². The van der Waals surface area contributed by atoms with Crippen molar-refractivity contribution in [3.05, 3.63) is 41.2 Å². The third-order valence-corrected chi connectivity index (χ3v) is 4.71. The van der Waals surface area contributed by atoms with E-state index in [1.165, 1.54) is 5.57 Å². The third kappa shape index (κ3) is 1.85. The lowest BCUT2D eigenvalue weighted by Gasteiger charge is -2.16. The monoisotopic (exact) mass is 294 g/mol. The molecule has 0 fully saturated rings. The molecule has 0 saturated carbocycles. The molecule has 1 heterocycles. The summed E-state index contributed by atoms with van der Waals surface area (Å²) in [4.78, 5) is 12.3. The normalized spacial score (nSPS) is 17.9. The number of hydrogen-bond donors (Lipinski definition) is 0. The van der Waals surface area contributed by atoms with Crippen molar-refractivity contribution in [1.82, 2.24) is 0 Å². The van der Waals surface area contributed by atoms with Gasteiger partial charge in [0.05, 0.1) is 7.11 Å². The van der Waals surface area contributed by atoms with Crippen LogP contribution in [0.15, 0.2) is 34.3 Å². The quantitative estimate of drug-likeness (QED) is 0.761. The molecule has 2 aromatic rings. The van der Waals surface area contributed by atoms with Crippen molar-refractivity contribution in [2.45, 2.75) is 32.6 Å². The van der Waals surface area contributed by atoms with E-state index in [4.69, 9.17) is 9.15 Å². The van der Waals surface area contributed by atoms with Crippen molar-refractivity contribution >= 4 is 27.9 Å². The maximum Gasteiger partial charge on any atom is 0.159 e. The number of Topliss-reactive ketones (excluding diaryl/α,β-unsaturated/α-hetero) is 1. The van der Waals surface area contributed by atoms with Gasteiger partial charge >= 0.3 is 0 Å². The molecule has 0 radical (unpaired) electrons. The Morgan fingerprint density at radius 2 is 2.05 bits per heavy atom. The molecule has 0 unspecified atom stereocenters. The van der Waals surface area contributed by atoms with E-state index in [0.29, 0.717) is 6.42 Å². The van der Waals surface area contributed by atoms with Gasteiger partial charge in [-0.2, -0.15) is 0 Å². The van der Waals surface area contributed by atoms with Gasteiger partial charge in [0.2, 0.25) is 0 Å². The molecule has 2 aliphatic rings. The Kier molecular flexibility index (Phi) is 2.96. The van der Waals surface area contributed by atoms with E-state index < -0.39 is 0 Å². The minimum atomic E-state index is 0.274. The number of ketones is 1. The van der Waals surface area contributed by atoms with E-state index in [1.807, 2.05) is 18.2 Å². The zero-order chi connectivity index (χ0) is 15.3. The Bertz CT molecular complexity index is 849. The first-order valence-corrected chi connectivity index (χ1v) is 7.72. The van der Waals surface area contributed by atoms with Crippen molar-refractivity contribution in [2.75, 3.05) is 7.11 Å². The molecule has 0 aliphatic heterocycles. The number of rotatable bonds is 1. The Hall–Kier alpha value is -2.29. The highest BCUT2D eigenvalue weighted by Crippen LogP contribution is 2.44. The fourth-order valence-electron chi connectivity index (χ4n) is 3.55. The van der Waals surface area contributed by atoms with Crippen molar-refractivity contribution in [1.29, 1.82) is 0 Å². The highest BCUT2D eigenvalue weighted by molar-refractivity contribution is 6.08. The van der Waals surface area contributed by atoms with E-state index in [-0.39, 0.29) is 5.78 Å². The summed E-state index contributed by atoms with van der Waals surface area (Å²) in [7, 11) is 1.67. The van der Waals surface area contributed by atoms with Gasteiger partial charge in [-0.3, -0.25) is 4.79 Å². The lowest BCUT2D eigenvalue weighted by Crippen LogP contribution is -2.10. The first-order valence-electron chi connectivity index (χ1n) is 7.72. The van der Waals surface area contributed by atoms with Crippen LogP contribution in [0.2, 0.25) is 0 Å². The van der Waals surface area contributed by atoms with E-state index in [2.05, 4.69) is 13.0 Å². The fraction of sp³-hybridized carbons (Fsp3) is 0.316. The molecule has 1 aromatic heterocycles. The summed E-state index contributed by atoms with van der Waals surface area (Å²) in [6, 6.07) is 5.87. The Morgan fingerprint density at radius 1 is 1.18 bits per heavy atom. The van der Waals surface area contributed by atoms with Gasteiger partial charge in [-0.15, -0.1) is 0 Å². The summed E-state index contributed by atoms with van der Waals surface area (Å²) >= 11 is 0. The molecular formula is C19H18O3. The second kappa shape index (κ2) is 4.87. The summed E-state index contributed by atoms with van der Waals surface area (Å²) in [6.45, 7) is 2.09. The Morgan fingerprint density at radius 3 is 2.86 bits per heavy atom. The minimum Gasteiger partial charge on any atom is -0.497 e. The molecule has 0 bridgehead atoms. The van der Waals surface area contributed by atoms with Crippen LogP contribution in [0.3, 0.4) is 0 Å². The molecular weight excluding hydrogens is 276 g/mol. The van der Waals surface area contributed by atoms with E-state index >= 15 is 0 Å². The van der Waals surface area contributed by atoms with E-state index in [1.54, 1.807) is 7.11 Å². The third-order valence-electron chi connectivity index (χ3n) is 4.71. The molecule has 0 N–H and O–H groups in total. The number of hydrogen-bond acceptors (Lipinski definition) is 3. The highest BCUT2D eigenvalue weighted by atomic mass is 16.5. The summed E-state index contributed by atoms with van der Waals surface area (Å²) < 4.78 is 11.5. The molecule has 0 atom stereocenters. The number of carbonyl (C=O) groups excluding carboxylic acids is 1. The molecule has 3 heteroatoms. The number of fused-ring (bicyclic) bond motifs is 4. The zero-order valence-corrected chi connectivity index (χ0v) is 12.9. The van der Waals surface area contributed by atoms with Gasteiger partial charge in [0.15, 0.2) is 5.78 Å². The van der Waals surface area contributed by atoms with Gasteiger partial charge in [0.1, 0.15) is 17.1 Å². The zero-order valence-electron chi connectivity index (χ0n) is 12.9. The van der Waals surface area contributed by atoms with E-state index in [9.17, 15) is 4.79 Å². The van der Waals surface area contributed by atoms with Crippen molar-refractivity contribution in [3.63, 3.8) is 0 Å². The van der Waals surface area contributed by atoms with Crippen molar-refractivity contribution < 1.29 is 13.9 Å². The number of methoxy groups -OCH3 is 1. The predicted octanol–water partition coefficient (Wildman–Crippen LogP) is 4.76. The van der Waals surface area contributed by atoms with Crippen LogP contribution in [0.1, 0.15) is 43.9 Å². The fourth-order valence-corrected chi connectivity index (χ4v) is 3.55. The lowest BCUT2D eigenvalue weighted by atomic mass is 9.87. The average molecular weight is 294 g/mol. The van der Waals surface area contributed by atoms with Gasteiger partial charge in [-0.05, 0) is 50.0 Å². The van der Waals surface area contributed by atoms with Gasteiger partial charge in [0.25, 0.3) is 0 Å². The second-order valence-corrected chi connectivity index (χ2v) is 5.99. The number of ether oxygens (including phenoxy) is 1. The Labute approximate surface area is 129 Å². The smallest absolute Gasteiger partial charge is 0.159 e. The van der Waals surface area contributed by atoms with Gasteiger partial charge in [0, 0.05) is 28.5 Å². The number of allylic oxidation sites excluding steroid dienone is 4. The number of benzene rings is 1. The molecule has 2 aliphatic carbocycles. The van der Waals surface area contributed by atoms with Gasteiger partial charge < -0.3 is 9.15 Å². The van der Waals surface area contributed by atoms with Crippen LogP contribution >= 0.6 is 0 Å². The maximum absolute atomic E-state index is 12.3. The molecule has 22 heavy (non-hydrogen) atoms. The number of furan rings is 1. The summed E-state index contributed by atoms with van der Waals surface area (Å²) in [5.41, 5.74) is 5.19. The molecule has 3 nitrogen and oxygen atoms in total. The first kappa shape index (κ1) is 13.4. The van der Waals surface area contributed by atoms with Gasteiger partial charge in [-0.25, -0.2) is 0 Å². The van der Waals surface area contributed by atoms with Crippen LogP contribution in [0, 0.1) is 0 Å². The van der Waals surface area contributed by atoms with Crippen LogP contribution in [-0.4, -0.2) is 12.9 Å². The molecule has 1 aromatic carbocycles. The molecule has 0 amide bonds. The highest BCUT2D eigenvalue weighted by Gasteiger charge is 2.28. The predicted molar refractivity (Wildman–Crippen MR) is 86.8 cm³/mol. The topological polar surface area (TPSA) is 39.4 Å². The van der Waals surface area contributed by atoms with Gasteiger partial charge in [-0.1, -0.05) is 6.08 Å². The van der Waals surface area contributed by atoms with E-state index in [0.717, 1.165) is 58.5 Å².